The molecule has 2 unspecified atom stereocenters. The number of nitrogens with one attached hydrogen (secondary N) is 1. The number of rotatable bonds is 10. The van der Waals surface area contributed by atoms with Gasteiger partial charge in [-0.25, -0.2) is 0 Å². The van der Waals surface area contributed by atoms with E-state index >= 15 is 0 Å². The zero-order valence-electron chi connectivity index (χ0n) is 22.2. The molecule has 1 aliphatic carbocycles. The standard InChI is InChI=1S/C30H33N3O6/c1-3-24-29(21-13-14-25(36-2)27(17-21)38-23-10-4-5-11-23)32-33(28(19-34)39-24)18-20-8-6-9-22(16-20)31-30(35)26-12-7-15-37-26/h6-9,12-17,19,23-24,28H,3-5,10-11,18H2,1-2H3,(H,31,35). The first kappa shape index (κ1) is 26.5. The molecule has 204 valence electrons. The van der Waals surface area contributed by atoms with Crippen molar-refractivity contribution in [2.24, 2.45) is 5.10 Å². The second-order valence-electron chi connectivity index (χ2n) is 9.66. The van der Waals surface area contributed by atoms with Crippen LogP contribution in [0.15, 0.2) is 70.4 Å². The molecule has 39 heavy (non-hydrogen) atoms. The Balaban J connectivity index is 1.40. The fourth-order valence-electron chi connectivity index (χ4n) is 4.97. The van der Waals surface area contributed by atoms with Crippen molar-refractivity contribution in [3.8, 4) is 11.5 Å². The van der Waals surface area contributed by atoms with Crippen molar-refractivity contribution in [1.82, 2.24) is 5.01 Å². The molecule has 9 heteroatoms. The normalized spacial score (nSPS) is 19.4. The average Bonchev–Trinajstić information content (AvgIpc) is 3.68. The van der Waals surface area contributed by atoms with Crippen molar-refractivity contribution in [3.05, 3.63) is 77.7 Å². The minimum Gasteiger partial charge on any atom is -0.493 e. The van der Waals surface area contributed by atoms with Gasteiger partial charge in [-0.1, -0.05) is 19.1 Å². The van der Waals surface area contributed by atoms with Crippen LogP contribution < -0.4 is 14.8 Å². The zero-order chi connectivity index (χ0) is 27.2. The Morgan fingerprint density at radius 3 is 2.69 bits per heavy atom. The van der Waals surface area contributed by atoms with E-state index in [0.29, 0.717) is 30.2 Å². The highest BCUT2D eigenvalue weighted by atomic mass is 16.5. The lowest BCUT2D eigenvalue weighted by Gasteiger charge is -2.35. The predicted molar refractivity (Wildman–Crippen MR) is 146 cm³/mol. The molecular weight excluding hydrogens is 498 g/mol. The van der Waals surface area contributed by atoms with Crippen molar-refractivity contribution in [2.45, 2.75) is 64.0 Å². The molecule has 0 bridgehead atoms. The summed E-state index contributed by atoms with van der Waals surface area (Å²) in [6.07, 6.45) is 6.24. The number of hydrogen-bond donors (Lipinski definition) is 1. The van der Waals surface area contributed by atoms with Gasteiger partial charge in [0.05, 0.1) is 31.7 Å². The molecule has 2 heterocycles. The molecule has 0 radical (unpaired) electrons. The molecule has 1 N–H and O–H groups in total. The molecule has 0 saturated heterocycles. The molecule has 3 aromatic rings. The van der Waals surface area contributed by atoms with Crippen LogP contribution in [0.3, 0.4) is 0 Å². The third-order valence-electron chi connectivity index (χ3n) is 6.96. The Morgan fingerprint density at radius 2 is 1.97 bits per heavy atom. The zero-order valence-corrected chi connectivity index (χ0v) is 22.2. The number of carbonyl (C=O) groups is 2. The van der Waals surface area contributed by atoms with Crippen LogP contribution in [-0.4, -0.2) is 48.5 Å². The number of anilines is 1. The molecule has 1 saturated carbocycles. The first-order chi connectivity index (χ1) is 19.1. The second-order valence-corrected chi connectivity index (χ2v) is 9.66. The SMILES string of the molecule is CCC1OC(C=O)N(Cc2cccc(NC(=O)c3ccco3)c2)N=C1c1ccc(OC)c(OC2CCCC2)c1. The largest absolute Gasteiger partial charge is 0.493 e. The first-order valence-corrected chi connectivity index (χ1v) is 13.3. The van der Waals surface area contributed by atoms with Crippen LogP contribution in [0, 0.1) is 0 Å². The Bertz CT molecular complexity index is 1320. The quantitative estimate of drug-likeness (QED) is 0.349. The fourth-order valence-corrected chi connectivity index (χ4v) is 4.97. The molecule has 2 atom stereocenters. The number of hydrogen-bond acceptors (Lipinski definition) is 8. The topological polar surface area (TPSA) is 103 Å². The summed E-state index contributed by atoms with van der Waals surface area (Å²) in [6, 6.07) is 16.4. The van der Waals surface area contributed by atoms with E-state index in [1.54, 1.807) is 30.3 Å². The van der Waals surface area contributed by atoms with Crippen molar-refractivity contribution in [1.29, 1.82) is 0 Å². The van der Waals surface area contributed by atoms with Gasteiger partial charge in [0, 0.05) is 11.3 Å². The van der Waals surface area contributed by atoms with Gasteiger partial charge >= 0.3 is 0 Å². The highest BCUT2D eigenvalue weighted by molar-refractivity contribution is 6.04. The van der Waals surface area contributed by atoms with E-state index in [1.165, 1.54) is 19.1 Å². The molecule has 1 aromatic heterocycles. The maximum atomic E-state index is 12.4. The Kier molecular flexibility index (Phi) is 8.27. The summed E-state index contributed by atoms with van der Waals surface area (Å²) in [6.45, 7) is 2.30. The maximum Gasteiger partial charge on any atom is 0.291 e. The molecule has 2 aliphatic rings. The molecule has 1 amide bonds. The van der Waals surface area contributed by atoms with E-state index in [1.807, 2.05) is 43.3 Å². The van der Waals surface area contributed by atoms with Gasteiger partial charge in [-0.3, -0.25) is 14.6 Å². The van der Waals surface area contributed by atoms with Crippen LogP contribution >= 0.6 is 0 Å². The van der Waals surface area contributed by atoms with Gasteiger partial charge in [0.1, 0.15) is 6.10 Å². The van der Waals surface area contributed by atoms with Gasteiger partial charge in [-0.05, 0) is 80.1 Å². The number of ether oxygens (including phenoxy) is 3. The minimum atomic E-state index is -0.840. The Hall–Kier alpha value is -4.11. The molecular formula is C30H33N3O6. The van der Waals surface area contributed by atoms with Crippen LogP contribution in [0.1, 0.15) is 60.7 Å². The summed E-state index contributed by atoms with van der Waals surface area (Å²) < 4.78 is 23.2. The van der Waals surface area contributed by atoms with Gasteiger partial charge in [0.2, 0.25) is 6.23 Å². The summed E-state index contributed by atoms with van der Waals surface area (Å²) in [5.74, 6) is 1.24. The Morgan fingerprint density at radius 1 is 1.13 bits per heavy atom. The van der Waals surface area contributed by atoms with E-state index in [2.05, 4.69) is 5.32 Å². The highest BCUT2D eigenvalue weighted by Gasteiger charge is 2.32. The van der Waals surface area contributed by atoms with Crippen LogP contribution in [0.5, 0.6) is 11.5 Å². The van der Waals surface area contributed by atoms with Gasteiger partial charge in [0.25, 0.3) is 5.91 Å². The summed E-state index contributed by atoms with van der Waals surface area (Å²) in [4.78, 5) is 24.4. The number of benzene rings is 2. The maximum absolute atomic E-state index is 12.4. The van der Waals surface area contributed by atoms with Crippen LogP contribution in [-0.2, 0) is 16.1 Å². The monoisotopic (exact) mass is 531 g/mol. The number of carbonyl (C=O) groups excluding carboxylic acids is 2. The highest BCUT2D eigenvalue weighted by Crippen LogP contribution is 2.34. The smallest absolute Gasteiger partial charge is 0.291 e. The molecule has 9 nitrogen and oxygen atoms in total. The van der Waals surface area contributed by atoms with Crippen LogP contribution in [0.2, 0.25) is 0 Å². The van der Waals surface area contributed by atoms with E-state index < -0.39 is 6.23 Å². The van der Waals surface area contributed by atoms with Crippen LogP contribution in [0.25, 0.3) is 0 Å². The second kappa shape index (κ2) is 12.2. The molecule has 1 fully saturated rings. The van der Waals surface area contributed by atoms with Crippen molar-refractivity contribution in [2.75, 3.05) is 12.4 Å². The van der Waals surface area contributed by atoms with E-state index in [9.17, 15) is 9.59 Å². The lowest BCUT2D eigenvalue weighted by atomic mass is 10.0. The lowest BCUT2D eigenvalue weighted by molar-refractivity contribution is -0.139. The third-order valence-corrected chi connectivity index (χ3v) is 6.96. The number of hydrazone groups is 1. The third kappa shape index (κ3) is 6.15. The van der Waals surface area contributed by atoms with E-state index in [4.69, 9.17) is 23.7 Å². The summed E-state index contributed by atoms with van der Waals surface area (Å²) in [5.41, 5.74) is 3.02. The first-order valence-electron chi connectivity index (χ1n) is 13.3. The van der Waals surface area contributed by atoms with Gasteiger partial charge < -0.3 is 23.9 Å². The lowest BCUT2D eigenvalue weighted by Crippen LogP contribution is -2.45. The van der Waals surface area contributed by atoms with Crippen molar-refractivity contribution < 1.29 is 28.2 Å². The number of furan rings is 1. The summed E-state index contributed by atoms with van der Waals surface area (Å²) >= 11 is 0. The van der Waals surface area contributed by atoms with Crippen LogP contribution in [0.4, 0.5) is 5.69 Å². The molecule has 5 rings (SSSR count). The average molecular weight is 532 g/mol. The van der Waals surface area contributed by atoms with Gasteiger partial charge in [-0.15, -0.1) is 0 Å². The van der Waals surface area contributed by atoms with E-state index in [-0.39, 0.29) is 23.9 Å². The van der Waals surface area contributed by atoms with Gasteiger partial charge in [0.15, 0.2) is 23.5 Å². The number of aldehydes is 1. The Labute approximate surface area is 227 Å². The summed E-state index contributed by atoms with van der Waals surface area (Å²) in [7, 11) is 1.63. The molecule has 2 aromatic carbocycles. The number of methoxy groups -OCH3 is 1. The van der Waals surface area contributed by atoms with Gasteiger partial charge in [-0.2, -0.15) is 5.10 Å². The minimum absolute atomic E-state index is 0.178. The van der Waals surface area contributed by atoms with Crippen molar-refractivity contribution >= 4 is 23.6 Å². The number of nitrogens with zero attached hydrogens (tertiary/aromatic N) is 2. The summed E-state index contributed by atoms with van der Waals surface area (Å²) in [5, 5.41) is 9.37. The molecule has 1 aliphatic heterocycles. The van der Waals surface area contributed by atoms with Crippen molar-refractivity contribution in [3.63, 3.8) is 0 Å². The molecule has 0 spiro atoms. The van der Waals surface area contributed by atoms with E-state index in [0.717, 1.165) is 36.0 Å². The number of amides is 1. The fraction of sp³-hybridized carbons (Fsp3) is 0.367. The predicted octanol–water partition coefficient (Wildman–Crippen LogP) is 5.40.